The van der Waals surface area contributed by atoms with Crippen LogP contribution < -0.4 is 0 Å². The van der Waals surface area contributed by atoms with Gasteiger partial charge in [0, 0.05) is 6.54 Å². The molecule has 2 nitrogen and oxygen atoms in total. The first-order chi connectivity index (χ1) is 5.31. The van der Waals surface area contributed by atoms with Gasteiger partial charge in [0.1, 0.15) is 5.76 Å². The van der Waals surface area contributed by atoms with Crippen molar-refractivity contribution in [1.82, 2.24) is 0 Å². The van der Waals surface area contributed by atoms with Crippen LogP contribution in [0.15, 0.2) is 42.1 Å². The Hall–Kier alpha value is -1.31. The summed E-state index contributed by atoms with van der Waals surface area (Å²) in [4.78, 5) is 3.85. The van der Waals surface area contributed by atoms with E-state index < -0.39 is 0 Å². The van der Waals surface area contributed by atoms with E-state index in [1.807, 2.05) is 6.92 Å². The van der Waals surface area contributed by atoms with Crippen molar-refractivity contribution in [2.45, 2.75) is 6.92 Å². The van der Waals surface area contributed by atoms with Crippen molar-refractivity contribution in [1.29, 1.82) is 0 Å². The summed E-state index contributed by atoms with van der Waals surface area (Å²) in [6.45, 7) is 9.78. The van der Waals surface area contributed by atoms with Crippen LogP contribution in [0.4, 0.5) is 0 Å². The van der Waals surface area contributed by atoms with Crippen LogP contribution in [0.3, 0.4) is 0 Å². The third-order valence-corrected chi connectivity index (χ3v) is 0.879. The third kappa shape index (κ3) is 6.58. The highest BCUT2D eigenvalue weighted by molar-refractivity contribution is 5.49. The van der Waals surface area contributed by atoms with Gasteiger partial charge in [0.25, 0.3) is 0 Å². The quantitative estimate of drug-likeness (QED) is 0.256. The van der Waals surface area contributed by atoms with Crippen LogP contribution in [0.25, 0.3) is 0 Å². The molecule has 0 heterocycles. The summed E-state index contributed by atoms with van der Waals surface area (Å²) >= 11 is 0. The summed E-state index contributed by atoms with van der Waals surface area (Å²) in [7, 11) is 0. The predicted octanol–water partition coefficient (Wildman–Crippen LogP) is 2.31. The molecule has 0 saturated heterocycles. The summed E-state index contributed by atoms with van der Waals surface area (Å²) in [5.41, 5.74) is 0. The van der Waals surface area contributed by atoms with E-state index in [9.17, 15) is 0 Å². The average molecular weight is 151 g/mol. The maximum absolute atomic E-state index is 4.96. The molecule has 0 fully saturated rings. The molecule has 0 radical (unpaired) electrons. The van der Waals surface area contributed by atoms with E-state index in [0.29, 0.717) is 5.76 Å². The van der Waals surface area contributed by atoms with Crippen LogP contribution in [0, 0.1) is 0 Å². The van der Waals surface area contributed by atoms with E-state index in [4.69, 9.17) is 4.74 Å². The minimum atomic E-state index is 0.558. The molecule has 0 amide bonds. The number of allylic oxidation sites excluding steroid dienone is 3. The Labute approximate surface area is 67.6 Å². The third-order valence-electron chi connectivity index (χ3n) is 0.879. The summed E-state index contributed by atoms with van der Waals surface area (Å²) in [6, 6.07) is 0. The van der Waals surface area contributed by atoms with Crippen molar-refractivity contribution in [3.05, 3.63) is 37.1 Å². The molecule has 2 heteroatoms. The van der Waals surface area contributed by atoms with E-state index in [-0.39, 0.29) is 0 Å². The first-order valence-corrected chi connectivity index (χ1v) is 3.44. The van der Waals surface area contributed by atoms with Gasteiger partial charge in [-0.05, 0) is 13.0 Å². The molecule has 0 N–H and O–H groups in total. The SMILES string of the molecule is C=C/C=C\C(=C)OC=NCC. The fourth-order valence-electron chi connectivity index (χ4n) is 0.394. The lowest BCUT2D eigenvalue weighted by atomic mass is 10.4. The lowest BCUT2D eigenvalue weighted by Crippen LogP contribution is -1.84. The lowest BCUT2D eigenvalue weighted by molar-refractivity contribution is 0.455. The van der Waals surface area contributed by atoms with E-state index in [1.165, 1.54) is 6.40 Å². The van der Waals surface area contributed by atoms with Crippen molar-refractivity contribution in [3.63, 3.8) is 0 Å². The molecule has 0 bridgehead atoms. The maximum atomic E-state index is 4.96. The molecule has 0 rings (SSSR count). The molecule has 0 aliphatic carbocycles. The number of rotatable bonds is 5. The van der Waals surface area contributed by atoms with Crippen molar-refractivity contribution in [2.24, 2.45) is 4.99 Å². The highest BCUT2D eigenvalue weighted by Crippen LogP contribution is 1.92. The molecule has 0 aromatic heterocycles. The number of hydrogen-bond acceptors (Lipinski definition) is 2. The summed E-state index contributed by atoms with van der Waals surface area (Å²) in [6.07, 6.45) is 6.51. The topological polar surface area (TPSA) is 21.6 Å². The Morgan fingerprint density at radius 1 is 1.64 bits per heavy atom. The number of hydrogen-bond donors (Lipinski definition) is 0. The average Bonchev–Trinajstić information content (AvgIpc) is 2.01. The predicted molar refractivity (Wildman–Crippen MR) is 48.6 cm³/mol. The zero-order chi connectivity index (χ0) is 8.53. The Morgan fingerprint density at radius 3 is 2.91 bits per heavy atom. The van der Waals surface area contributed by atoms with Crippen LogP contribution in [0.1, 0.15) is 6.92 Å². The first-order valence-electron chi connectivity index (χ1n) is 3.44. The van der Waals surface area contributed by atoms with Gasteiger partial charge >= 0.3 is 0 Å². The largest absolute Gasteiger partial charge is 0.447 e. The highest BCUT2D eigenvalue weighted by Gasteiger charge is 1.80. The summed E-state index contributed by atoms with van der Waals surface area (Å²) in [5.74, 6) is 0.558. The van der Waals surface area contributed by atoms with Crippen molar-refractivity contribution in [3.8, 4) is 0 Å². The molecule has 0 aliphatic heterocycles. The molecule has 0 aliphatic rings. The molecule has 0 aromatic carbocycles. The second kappa shape index (κ2) is 6.81. The Morgan fingerprint density at radius 2 is 2.36 bits per heavy atom. The van der Waals surface area contributed by atoms with Gasteiger partial charge in [-0.25, -0.2) is 0 Å². The van der Waals surface area contributed by atoms with Crippen LogP contribution in [-0.4, -0.2) is 12.9 Å². The van der Waals surface area contributed by atoms with E-state index in [0.717, 1.165) is 6.54 Å². The fraction of sp³-hybridized carbons (Fsp3) is 0.222. The van der Waals surface area contributed by atoms with Crippen molar-refractivity contribution in [2.75, 3.05) is 6.54 Å². The summed E-state index contributed by atoms with van der Waals surface area (Å²) < 4.78 is 4.96. The molecule has 0 aromatic rings. The minimum absolute atomic E-state index is 0.558. The fourth-order valence-corrected chi connectivity index (χ4v) is 0.394. The van der Waals surface area contributed by atoms with Gasteiger partial charge in [-0.1, -0.05) is 25.3 Å². The van der Waals surface area contributed by atoms with Crippen molar-refractivity contribution < 1.29 is 4.74 Å². The normalized spacial score (nSPS) is 10.6. The van der Waals surface area contributed by atoms with E-state index >= 15 is 0 Å². The van der Waals surface area contributed by atoms with Gasteiger partial charge in [-0.15, -0.1) is 0 Å². The molecular formula is C9H13NO. The Kier molecular flexibility index (Phi) is 5.99. The van der Waals surface area contributed by atoms with Crippen LogP contribution in [0.5, 0.6) is 0 Å². The van der Waals surface area contributed by atoms with Gasteiger partial charge in [-0.3, -0.25) is 4.99 Å². The van der Waals surface area contributed by atoms with E-state index in [1.54, 1.807) is 18.2 Å². The minimum Gasteiger partial charge on any atom is -0.447 e. The first kappa shape index (κ1) is 9.69. The molecule has 60 valence electrons. The Balaban J connectivity index is 3.61. The number of ether oxygens (including phenoxy) is 1. The Bertz CT molecular complexity index is 180. The van der Waals surface area contributed by atoms with Crippen LogP contribution in [-0.2, 0) is 4.74 Å². The standard InChI is InChI=1S/C9H13NO/c1-4-6-7-9(3)11-8-10-5-2/h4,6-8H,1,3,5H2,2H3/b7-6-,10-8?. The van der Waals surface area contributed by atoms with Gasteiger partial charge in [0.05, 0.1) is 0 Å². The molecule has 0 unspecified atom stereocenters. The number of nitrogens with zero attached hydrogens (tertiary/aromatic N) is 1. The van der Waals surface area contributed by atoms with Crippen molar-refractivity contribution >= 4 is 6.40 Å². The molecular weight excluding hydrogens is 138 g/mol. The highest BCUT2D eigenvalue weighted by atomic mass is 16.5. The second-order valence-corrected chi connectivity index (χ2v) is 1.78. The van der Waals surface area contributed by atoms with Gasteiger partial charge in [-0.2, -0.15) is 0 Å². The molecule has 0 spiro atoms. The van der Waals surface area contributed by atoms with Crippen LogP contribution >= 0.6 is 0 Å². The molecule has 0 atom stereocenters. The van der Waals surface area contributed by atoms with E-state index in [2.05, 4.69) is 18.2 Å². The number of aliphatic imine (C=N–C) groups is 1. The van der Waals surface area contributed by atoms with Crippen LogP contribution in [0.2, 0.25) is 0 Å². The van der Waals surface area contributed by atoms with Gasteiger partial charge < -0.3 is 4.74 Å². The monoisotopic (exact) mass is 151 g/mol. The summed E-state index contributed by atoms with van der Waals surface area (Å²) in [5, 5.41) is 0. The van der Waals surface area contributed by atoms with Gasteiger partial charge in [0.2, 0.25) is 0 Å². The molecule has 11 heavy (non-hydrogen) atoms. The zero-order valence-electron chi connectivity index (χ0n) is 6.79. The zero-order valence-corrected chi connectivity index (χ0v) is 6.79. The van der Waals surface area contributed by atoms with Gasteiger partial charge in [0.15, 0.2) is 6.40 Å². The lowest BCUT2D eigenvalue weighted by Gasteiger charge is -1.94. The second-order valence-electron chi connectivity index (χ2n) is 1.78. The molecule has 0 saturated carbocycles. The smallest absolute Gasteiger partial charge is 0.176 e. The maximum Gasteiger partial charge on any atom is 0.176 e.